The molecule has 7 rings (SSSR count). The topological polar surface area (TPSA) is 111 Å². The Bertz CT molecular complexity index is 1640. The van der Waals surface area contributed by atoms with E-state index in [0.29, 0.717) is 22.5 Å². The zero-order valence-electron chi connectivity index (χ0n) is 22.4. The van der Waals surface area contributed by atoms with E-state index in [1.807, 2.05) is 0 Å². The number of ether oxygens (including phenoxy) is 2. The highest BCUT2D eigenvalue weighted by atomic mass is 19.4. The van der Waals surface area contributed by atoms with Crippen LogP contribution < -0.4 is 9.64 Å². The Morgan fingerprint density at radius 3 is 2.52 bits per heavy atom. The van der Waals surface area contributed by atoms with Crippen LogP contribution in [0.1, 0.15) is 66.1 Å². The van der Waals surface area contributed by atoms with E-state index >= 15 is 0 Å². The molecule has 0 radical (unpaired) electrons. The Morgan fingerprint density at radius 1 is 1.05 bits per heavy atom. The smallest absolute Gasteiger partial charge is 0.478 e. The number of halogens is 3. The van der Waals surface area contributed by atoms with Crippen molar-refractivity contribution >= 4 is 22.7 Å². The second-order valence-corrected chi connectivity index (χ2v) is 11.1. The summed E-state index contributed by atoms with van der Waals surface area (Å²) in [6.07, 6.45) is 1.88. The summed E-state index contributed by atoms with van der Waals surface area (Å²) in [4.78, 5) is 22.6. The number of nitrogens with zero attached hydrogens (tertiary/aromatic N) is 4. The molecule has 0 amide bonds. The highest BCUT2D eigenvalue weighted by molar-refractivity contribution is 5.96. The Balaban J connectivity index is 1.11. The standard InChI is InChI=1S/C30H27F3N4O5/c31-30(32,33)41-25-4-2-1-3-22(25)26-23(27(42-36-26)16-5-6-16)14-40-20-12-18-8-9-19(13-20)37(18)28-21-10-7-17(29(38)39)11-24(21)34-15-35-28/h1-4,7,10-11,15-16,18-20H,5-6,8-9,12-14H2,(H,38,39)/t18-,19+,20?. The highest BCUT2D eigenvalue weighted by Crippen LogP contribution is 2.47. The lowest BCUT2D eigenvalue weighted by atomic mass is 9.98. The zero-order valence-corrected chi connectivity index (χ0v) is 22.4. The molecule has 12 heteroatoms. The predicted octanol–water partition coefficient (Wildman–Crippen LogP) is 6.48. The first-order chi connectivity index (χ1) is 20.2. The van der Waals surface area contributed by atoms with Crippen LogP contribution in [0, 0.1) is 0 Å². The van der Waals surface area contributed by atoms with Crippen LogP contribution in [0.4, 0.5) is 19.0 Å². The summed E-state index contributed by atoms with van der Waals surface area (Å²) in [5.41, 5.74) is 1.95. The average molecular weight is 581 g/mol. The summed E-state index contributed by atoms with van der Waals surface area (Å²) in [5, 5.41) is 14.4. The van der Waals surface area contributed by atoms with Crippen molar-refractivity contribution in [1.82, 2.24) is 15.1 Å². The molecule has 2 aliphatic heterocycles. The third-order valence-corrected chi connectivity index (χ3v) is 8.39. The molecule has 3 fully saturated rings. The van der Waals surface area contributed by atoms with Crippen molar-refractivity contribution in [2.75, 3.05) is 4.90 Å². The molecule has 1 saturated carbocycles. The van der Waals surface area contributed by atoms with E-state index in [2.05, 4.69) is 24.8 Å². The number of carbonyl (C=O) groups is 1. The number of benzene rings is 2. The monoisotopic (exact) mass is 580 g/mol. The van der Waals surface area contributed by atoms with Crippen molar-refractivity contribution in [2.24, 2.45) is 0 Å². The van der Waals surface area contributed by atoms with Gasteiger partial charge < -0.3 is 24.0 Å². The lowest BCUT2D eigenvalue weighted by Gasteiger charge is -2.40. The maximum absolute atomic E-state index is 13.1. The summed E-state index contributed by atoms with van der Waals surface area (Å²) in [6.45, 7) is 0.170. The molecule has 1 unspecified atom stereocenters. The fourth-order valence-electron chi connectivity index (χ4n) is 6.41. The summed E-state index contributed by atoms with van der Waals surface area (Å²) in [7, 11) is 0. The Hall–Kier alpha value is -4.19. The van der Waals surface area contributed by atoms with Crippen molar-refractivity contribution < 1.29 is 37.1 Å². The van der Waals surface area contributed by atoms with Crippen LogP contribution in [0.25, 0.3) is 22.2 Å². The molecule has 2 aromatic carbocycles. The molecule has 4 heterocycles. The maximum Gasteiger partial charge on any atom is 0.573 e. The van der Waals surface area contributed by atoms with Gasteiger partial charge in [0.15, 0.2) is 0 Å². The molecule has 42 heavy (non-hydrogen) atoms. The quantitative estimate of drug-likeness (QED) is 0.250. The van der Waals surface area contributed by atoms with Crippen molar-refractivity contribution in [2.45, 2.75) is 75.6 Å². The zero-order chi connectivity index (χ0) is 29.0. The van der Waals surface area contributed by atoms with Crippen molar-refractivity contribution in [3.8, 4) is 17.0 Å². The number of carboxylic acids is 1. The van der Waals surface area contributed by atoms with Gasteiger partial charge in [-0.3, -0.25) is 0 Å². The minimum atomic E-state index is -4.84. The number of aromatic nitrogens is 3. The first-order valence-corrected chi connectivity index (χ1v) is 14.0. The Labute approximate surface area is 238 Å². The number of hydrogen-bond acceptors (Lipinski definition) is 8. The van der Waals surface area contributed by atoms with E-state index in [0.717, 1.165) is 49.7 Å². The van der Waals surface area contributed by atoms with Gasteiger partial charge in [0.1, 0.15) is 29.3 Å². The second-order valence-electron chi connectivity index (χ2n) is 11.1. The summed E-state index contributed by atoms with van der Waals surface area (Å²) < 4.78 is 55.8. The van der Waals surface area contributed by atoms with Crippen LogP contribution in [-0.4, -0.2) is 50.8 Å². The maximum atomic E-state index is 13.1. The number of hydrogen-bond donors (Lipinski definition) is 1. The van der Waals surface area contributed by atoms with Crippen molar-refractivity contribution in [3.63, 3.8) is 0 Å². The van der Waals surface area contributed by atoms with Crippen molar-refractivity contribution in [3.05, 3.63) is 65.7 Å². The number of anilines is 1. The Morgan fingerprint density at radius 2 is 1.81 bits per heavy atom. The molecule has 4 aromatic rings. The molecule has 218 valence electrons. The van der Waals surface area contributed by atoms with E-state index in [1.54, 1.807) is 30.3 Å². The van der Waals surface area contributed by atoms with Gasteiger partial charge in [0.05, 0.1) is 23.8 Å². The van der Waals surface area contributed by atoms with E-state index in [9.17, 15) is 23.1 Å². The molecule has 2 aromatic heterocycles. The normalized spacial score (nSPS) is 22.1. The molecule has 3 atom stereocenters. The first-order valence-electron chi connectivity index (χ1n) is 14.0. The van der Waals surface area contributed by atoms with Gasteiger partial charge in [-0.2, -0.15) is 0 Å². The molecule has 1 aliphatic carbocycles. The third kappa shape index (κ3) is 5.04. The number of alkyl halides is 3. The van der Waals surface area contributed by atoms with Crippen LogP contribution in [0.5, 0.6) is 5.75 Å². The summed E-state index contributed by atoms with van der Waals surface area (Å²) >= 11 is 0. The van der Waals surface area contributed by atoms with Crippen LogP contribution in [0.3, 0.4) is 0 Å². The highest BCUT2D eigenvalue weighted by Gasteiger charge is 2.43. The van der Waals surface area contributed by atoms with E-state index in [1.165, 1.54) is 18.5 Å². The lowest BCUT2D eigenvalue weighted by molar-refractivity contribution is -0.274. The SMILES string of the molecule is O=C(O)c1ccc2c(N3[C@@H]4CC[C@H]3CC(OCc3c(-c5ccccc5OC(F)(F)F)noc3C3CC3)C4)ncnc2c1. The average Bonchev–Trinajstić information content (AvgIpc) is 3.66. The van der Waals surface area contributed by atoms with Crippen LogP contribution in [-0.2, 0) is 11.3 Å². The number of carboxylic acid groups (broad SMARTS) is 1. The largest absolute Gasteiger partial charge is 0.573 e. The lowest BCUT2D eigenvalue weighted by Crippen LogP contribution is -2.46. The van der Waals surface area contributed by atoms with Gasteiger partial charge >= 0.3 is 12.3 Å². The molecular formula is C30H27F3N4O5. The number of piperidine rings is 1. The van der Waals surface area contributed by atoms with Gasteiger partial charge in [0, 0.05) is 34.5 Å². The fraction of sp³-hybridized carbons (Fsp3) is 0.400. The number of aromatic carboxylic acids is 1. The second kappa shape index (κ2) is 10.3. The first kappa shape index (κ1) is 26.7. The molecule has 2 saturated heterocycles. The molecule has 0 spiro atoms. The van der Waals surface area contributed by atoms with Crippen LogP contribution in [0.2, 0.25) is 0 Å². The number of rotatable bonds is 8. The number of para-hydroxylation sites is 1. The molecular weight excluding hydrogens is 553 g/mol. The molecule has 2 bridgehead atoms. The van der Waals surface area contributed by atoms with E-state index < -0.39 is 12.3 Å². The molecule has 3 aliphatic rings. The summed E-state index contributed by atoms with van der Waals surface area (Å²) in [6, 6.07) is 11.2. The van der Waals surface area contributed by atoms with Gasteiger partial charge in [0.2, 0.25) is 0 Å². The predicted molar refractivity (Wildman–Crippen MR) is 144 cm³/mol. The molecule has 9 nitrogen and oxygen atoms in total. The molecule has 1 N–H and O–H groups in total. The van der Waals surface area contributed by atoms with Gasteiger partial charge in [-0.15, -0.1) is 13.2 Å². The van der Waals surface area contributed by atoms with Crippen LogP contribution in [0.15, 0.2) is 53.3 Å². The van der Waals surface area contributed by atoms with Gasteiger partial charge in [-0.1, -0.05) is 17.3 Å². The minimum Gasteiger partial charge on any atom is -0.478 e. The number of fused-ring (bicyclic) bond motifs is 3. The van der Waals surface area contributed by atoms with Gasteiger partial charge in [0.25, 0.3) is 0 Å². The Kier molecular flexibility index (Phi) is 6.52. The minimum absolute atomic E-state index is 0.0677. The summed E-state index contributed by atoms with van der Waals surface area (Å²) in [5.74, 6) is 0.307. The van der Waals surface area contributed by atoms with Gasteiger partial charge in [-0.25, -0.2) is 14.8 Å². The fourth-order valence-corrected chi connectivity index (χ4v) is 6.41. The van der Waals surface area contributed by atoms with Crippen LogP contribution >= 0.6 is 0 Å². The third-order valence-electron chi connectivity index (χ3n) is 8.39. The van der Waals surface area contributed by atoms with E-state index in [-0.39, 0.29) is 47.6 Å². The van der Waals surface area contributed by atoms with E-state index in [4.69, 9.17) is 9.26 Å². The van der Waals surface area contributed by atoms with Gasteiger partial charge in [-0.05, 0) is 68.9 Å². The van der Waals surface area contributed by atoms with Crippen molar-refractivity contribution in [1.29, 1.82) is 0 Å².